The molecule has 0 amide bonds. The van der Waals surface area contributed by atoms with Gasteiger partial charge in [0.1, 0.15) is 0 Å². The molecule has 3 heteroatoms. The SMILES string of the molecule is CSC(=O)C(C)(C)CC(C)(C)O. The molecular weight excluding hydrogens is 172 g/mol. The van der Waals surface area contributed by atoms with Crippen LogP contribution in [-0.4, -0.2) is 22.1 Å². The van der Waals surface area contributed by atoms with Crippen molar-refractivity contribution < 1.29 is 9.90 Å². The van der Waals surface area contributed by atoms with Crippen LogP contribution in [0.5, 0.6) is 0 Å². The lowest BCUT2D eigenvalue weighted by Crippen LogP contribution is -2.32. The summed E-state index contributed by atoms with van der Waals surface area (Å²) >= 11 is 1.22. The molecule has 0 aliphatic rings. The standard InChI is InChI=1S/C9H18O2S/c1-8(2,7(10)12-5)6-9(3,4)11/h11H,6H2,1-5H3. The molecule has 0 radical (unpaired) electrons. The summed E-state index contributed by atoms with van der Waals surface area (Å²) < 4.78 is 0. The van der Waals surface area contributed by atoms with Crippen molar-refractivity contribution in [2.45, 2.75) is 39.7 Å². The van der Waals surface area contributed by atoms with Crippen LogP contribution in [0.25, 0.3) is 0 Å². The van der Waals surface area contributed by atoms with E-state index < -0.39 is 11.0 Å². The molecule has 0 aromatic carbocycles. The zero-order valence-electron chi connectivity index (χ0n) is 8.47. The monoisotopic (exact) mass is 190 g/mol. The maximum Gasteiger partial charge on any atom is 0.194 e. The van der Waals surface area contributed by atoms with Gasteiger partial charge in [-0.25, -0.2) is 0 Å². The molecule has 0 saturated carbocycles. The van der Waals surface area contributed by atoms with E-state index in [0.29, 0.717) is 6.42 Å². The Morgan fingerprint density at radius 2 is 1.75 bits per heavy atom. The van der Waals surface area contributed by atoms with E-state index >= 15 is 0 Å². The number of thioether (sulfide) groups is 1. The van der Waals surface area contributed by atoms with Crippen LogP contribution in [0.15, 0.2) is 0 Å². The van der Waals surface area contributed by atoms with Gasteiger partial charge in [-0.1, -0.05) is 25.6 Å². The van der Waals surface area contributed by atoms with E-state index in [2.05, 4.69) is 0 Å². The number of carbonyl (C=O) groups excluding carboxylic acids is 1. The molecule has 0 atom stereocenters. The van der Waals surface area contributed by atoms with Crippen molar-refractivity contribution in [3.8, 4) is 0 Å². The molecule has 0 aliphatic carbocycles. The Morgan fingerprint density at radius 1 is 1.33 bits per heavy atom. The van der Waals surface area contributed by atoms with Crippen LogP contribution in [0.1, 0.15) is 34.1 Å². The van der Waals surface area contributed by atoms with Crippen molar-refractivity contribution in [2.75, 3.05) is 6.26 Å². The van der Waals surface area contributed by atoms with Crippen LogP contribution in [-0.2, 0) is 4.79 Å². The van der Waals surface area contributed by atoms with Crippen LogP contribution in [0.3, 0.4) is 0 Å². The first-order valence-electron chi connectivity index (χ1n) is 4.00. The van der Waals surface area contributed by atoms with E-state index in [9.17, 15) is 9.90 Å². The Hall–Kier alpha value is -0.0200. The van der Waals surface area contributed by atoms with Crippen LogP contribution < -0.4 is 0 Å². The Bertz CT molecular complexity index is 168. The zero-order chi connectivity index (χ0) is 9.99. The quantitative estimate of drug-likeness (QED) is 0.740. The van der Waals surface area contributed by atoms with Crippen molar-refractivity contribution in [1.29, 1.82) is 0 Å². The van der Waals surface area contributed by atoms with Crippen LogP contribution in [0.4, 0.5) is 0 Å². The van der Waals surface area contributed by atoms with Gasteiger partial charge in [-0.15, -0.1) is 0 Å². The molecule has 0 bridgehead atoms. The fraction of sp³-hybridized carbons (Fsp3) is 0.889. The van der Waals surface area contributed by atoms with Crippen LogP contribution in [0.2, 0.25) is 0 Å². The van der Waals surface area contributed by atoms with Gasteiger partial charge < -0.3 is 5.11 Å². The van der Waals surface area contributed by atoms with E-state index in [4.69, 9.17) is 0 Å². The van der Waals surface area contributed by atoms with Crippen molar-refractivity contribution in [3.63, 3.8) is 0 Å². The molecule has 72 valence electrons. The zero-order valence-corrected chi connectivity index (χ0v) is 9.29. The normalized spacial score (nSPS) is 13.2. The average Bonchev–Trinajstić information content (AvgIpc) is 1.80. The van der Waals surface area contributed by atoms with Crippen molar-refractivity contribution in [2.24, 2.45) is 5.41 Å². The number of hydrogen-bond acceptors (Lipinski definition) is 3. The molecule has 0 unspecified atom stereocenters. The predicted molar refractivity (Wildman–Crippen MR) is 53.2 cm³/mol. The molecule has 0 saturated heterocycles. The molecular formula is C9H18O2S. The maximum atomic E-state index is 11.4. The average molecular weight is 190 g/mol. The highest BCUT2D eigenvalue weighted by Crippen LogP contribution is 2.31. The van der Waals surface area contributed by atoms with Crippen molar-refractivity contribution in [3.05, 3.63) is 0 Å². The van der Waals surface area contributed by atoms with Crippen LogP contribution >= 0.6 is 11.8 Å². The summed E-state index contributed by atoms with van der Waals surface area (Å²) in [5, 5.41) is 9.67. The number of hydrogen-bond donors (Lipinski definition) is 1. The van der Waals surface area contributed by atoms with Gasteiger partial charge in [0.2, 0.25) is 0 Å². The first-order chi connectivity index (χ1) is 5.19. The summed E-state index contributed by atoms with van der Waals surface area (Å²) in [7, 11) is 0. The van der Waals surface area contributed by atoms with Crippen LogP contribution in [0, 0.1) is 5.41 Å². The molecule has 0 aromatic heterocycles. The Labute approximate surface area is 78.7 Å². The van der Waals surface area contributed by atoms with Gasteiger partial charge in [-0.05, 0) is 26.5 Å². The maximum absolute atomic E-state index is 11.4. The Kier molecular flexibility index (Phi) is 3.79. The van der Waals surface area contributed by atoms with Gasteiger partial charge in [-0.3, -0.25) is 4.79 Å². The third kappa shape index (κ3) is 4.12. The summed E-state index contributed by atoms with van der Waals surface area (Å²) in [6.07, 6.45) is 2.27. The summed E-state index contributed by atoms with van der Waals surface area (Å²) in [6.45, 7) is 7.18. The molecule has 2 nitrogen and oxygen atoms in total. The smallest absolute Gasteiger partial charge is 0.194 e. The fourth-order valence-electron chi connectivity index (χ4n) is 1.43. The van der Waals surface area contributed by atoms with Gasteiger partial charge in [-0.2, -0.15) is 0 Å². The molecule has 0 fully saturated rings. The number of rotatable bonds is 3. The highest BCUT2D eigenvalue weighted by atomic mass is 32.2. The Morgan fingerprint density at radius 3 is 2.00 bits per heavy atom. The van der Waals surface area contributed by atoms with Gasteiger partial charge in [0.05, 0.1) is 5.60 Å². The van der Waals surface area contributed by atoms with E-state index in [1.54, 1.807) is 20.1 Å². The van der Waals surface area contributed by atoms with Crippen molar-refractivity contribution in [1.82, 2.24) is 0 Å². The summed E-state index contributed by atoms with van der Waals surface area (Å²) in [4.78, 5) is 11.4. The largest absolute Gasteiger partial charge is 0.390 e. The molecule has 0 rings (SSSR count). The molecule has 12 heavy (non-hydrogen) atoms. The highest BCUT2D eigenvalue weighted by Gasteiger charge is 2.32. The van der Waals surface area contributed by atoms with Crippen molar-refractivity contribution >= 4 is 16.9 Å². The van der Waals surface area contributed by atoms with Gasteiger partial charge >= 0.3 is 0 Å². The molecule has 1 N–H and O–H groups in total. The predicted octanol–water partition coefficient (Wildman–Crippen LogP) is 2.06. The van der Waals surface area contributed by atoms with E-state index in [-0.39, 0.29) is 5.12 Å². The second-order valence-electron chi connectivity index (χ2n) is 4.36. The van der Waals surface area contributed by atoms with Gasteiger partial charge in [0.15, 0.2) is 5.12 Å². The molecule has 0 heterocycles. The summed E-state index contributed by atoms with van der Waals surface area (Å²) in [5.41, 5.74) is -1.20. The fourth-order valence-corrected chi connectivity index (χ4v) is 2.05. The first-order valence-corrected chi connectivity index (χ1v) is 5.22. The van der Waals surface area contributed by atoms with E-state index in [1.165, 1.54) is 11.8 Å². The molecule has 0 spiro atoms. The summed E-state index contributed by atoms with van der Waals surface area (Å²) in [6, 6.07) is 0. The first kappa shape index (κ1) is 12.0. The Balaban J connectivity index is 4.32. The summed E-state index contributed by atoms with van der Waals surface area (Å²) in [5.74, 6) is 0. The third-order valence-electron chi connectivity index (χ3n) is 1.61. The van der Waals surface area contributed by atoms with Gasteiger partial charge in [0, 0.05) is 5.41 Å². The lowest BCUT2D eigenvalue weighted by atomic mass is 9.83. The van der Waals surface area contributed by atoms with E-state index in [0.717, 1.165) is 0 Å². The topological polar surface area (TPSA) is 37.3 Å². The molecule has 0 aromatic rings. The highest BCUT2D eigenvalue weighted by molar-refractivity contribution is 8.13. The second-order valence-corrected chi connectivity index (χ2v) is 5.14. The third-order valence-corrected chi connectivity index (χ3v) is 2.54. The number of carbonyl (C=O) groups is 1. The molecule has 0 aliphatic heterocycles. The van der Waals surface area contributed by atoms with Gasteiger partial charge in [0.25, 0.3) is 0 Å². The minimum absolute atomic E-state index is 0.129. The lowest BCUT2D eigenvalue weighted by Gasteiger charge is -2.29. The van der Waals surface area contributed by atoms with E-state index in [1.807, 2.05) is 13.8 Å². The minimum Gasteiger partial charge on any atom is -0.390 e. The second kappa shape index (κ2) is 3.79. The number of aliphatic hydroxyl groups is 1. The lowest BCUT2D eigenvalue weighted by molar-refractivity contribution is -0.121. The minimum atomic E-state index is -0.769.